The van der Waals surface area contributed by atoms with E-state index in [1.54, 1.807) is 0 Å². The molecule has 0 bridgehead atoms. The van der Waals surface area contributed by atoms with Crippen LogP contribution in [0.25, 0.3) is 120 Å². The zero-order valence-corrected chi connectivity index (χ0v) is 37.5. The Labute approximate surface area is 397 Å². The second-order valence-electron chi connectivity index (χ2n) is 18.4. The highest BCUT2D eigenvalue weighted by Gasteiger charge is 2.21. The second-order valence-corrected chi connectivity index (χ2v) is 18.4. The van der Waals surface area contributed by atoms with Gasteiger partial charge >= 0.3 is 0 Å². The van der Waals surface area contributed by atoms with Gasteiger partial charge in [0.1, 0.15) is 0 Å². The number of benzene rings is 12. The Morgan fingerprint density at radius 2 is 0.696 bits per heavy atom. The standard InChI is InChI=1S/C66H41N3/c1-2-14-45(15-3-1)68-62-26-10-8-20-55(62)57-38-32-44(40-64(57)68)42-28-33-46(34-29-42)67(48-37-39-54-52-18-5-4-16-50(52)51-17-6-7-19-53(51)61(54)41-48)47-35-30-43(31-36-47)49-22-12-24-59-60-25-13-23-58-56-21-9-11-27-63(56)69(65(49)59)66(58)60/h1-41H. The van der Waals surface area contributed by atoms with Crippen LogP contribution in [0.2, 0.25) is 0 Å². The van der Waals surface area contributed by atoms with Crippen molar-refractivity contribution in [3.8, 4) is 27.9 Å². The summed E-state index contributed by atoms with van der Waals surface area (Å²) in [4.78, 5) is 2.42. The summed E-state index contributed by atoms with van der Waals surface area (Å²) in [6.45, 7) is 0. The molecule has 3 aromatic heterocycles. The topological polar surface area (TPSA) is 12.6 Å². The van der Waals surface area contributed by atoms with Gasteiger partial charge in [0.05, 0.1) is 27.6 Å². The molecular weight excluding hydrogens is 835 g/mol. The van der Waals surface area contributed by atoms with E-state index in [0.717, 1.165) is 22.7 Å². The molecule has 0 fully saturated rings. The molecule has 0 aliphatic carbocycles. The van der Waals surface area contributed by atoms with Crippen LogP contribution >= 0.6 is 0 Å². The monoisotopic (exact) mass is 875 g/mol. The maximum absolute atomic E-state index is 2.49. The van der Waals surface area contributed by atoms with Crippen molar-refractivity contribution in [3.05, 3.63) is 249 Å². The minimum atomic E-state index is 1.09. The Hall–Kier alpha value is -9.18. The fourth-order valence-electron chi connectivity index (χ4n) is 11.8. The molecule has 3 nitrogen and oxygen atoms in total. The average Bonchev–Trinajstić information content (AvgIpc) is 4.07. The lowest BCUT2D eigenvalue weighted by molar-refractivity contribution is 1.18. The number of anilines is 3. The van der Waals surface area contributed by atoms with Gasteiger partial charge < -0.3 is 13.9 Å². The number of hydrogen-bond donors (Lipinski definition) is 0. The molecule has 0 unspecified atom stereocenters. The normalized spacial score (nSPS) is 12.1. The van der Waals surface area contributed by atoms with Crippen molar-refractivity contribution in [1.82, 2.24) is 8.97 Å². The fraction of sp³-hybridized carbons (Fsp3) is 0. The van der Waals surface area contributed by atoms with E-state index in [1.165, 1.54) is 114 Å². The third kappa shape index (κ3) is 5.56. The van der Waals surface area contributed by atoms with E-state index >= 15 is 0 Å². The van der Waals surface area contributed by atoms with Crippen molar-refractivity contribution in [2.45, 2.75) is 0 Å². The first-order valence-corrected chi connectivity index (χ1v) is 23.8. The smallest absolute Gasteiger partial charge is 0.0620 e. The molecule has 0 N–H and O–H groups in total. The number of para-hydroxylation sites is 5. The third-order valence-corrected chi connectivity index (χ3v) is 14.8. The van der Waals surface area contributed by atoms with Gasteiger partial charge in [0, 0.05) is 60.6 Å². The maximum Gasteiger partial charge on any atom is 0.0620 e. The van der Waals surface area contributed by atoms with Crippen LogP contribution in [-0.4, -0.2) is 8.97 Å². The summed E-state index contributed by atoms with van der Waals surface area (Å²) in [5.41, 5.74) is 15.4. The predicted octanol–water partition coefficient (Wildman–Crippen LogP) is 18.2. The molecule has 0 aliphatic heterocycles. The number of nitrogens with zero attached hydrogens (tertiary/aromatic N) is 3. The van der Waals surface area contributed by atoms with Gasteiger partial charge in [-0.2, -0.15) is 0 Å². The van der Waals surface area contributed by atoms with Crippen molar-refractivity contribution >= 4 is 109 Å². The van der Waals surface area contributed by atoms with Crippen LogP contribution in [0.3, 0.4) is 0 Å². The second kappa shape index (κ2) is 14.7. The summed E-state index contributed by atoms with van der Waals surface area (Å²) in [6, 6.07) is 91.7. The maximum atomic E-state index is 2.49. The molecule has 3 heteroatoms. The number of hydrogen-bond acceptors (Lipinski definition) is 1. The largest absolute Gasteiger partial charge is 0.310 e. The van der Waals surface area contributed by atoms with E-state index in [0.29, 0.717) is 0 Å². The van der Waals surface area contributed by atoms with Gasteiger partial charge in [-0.3, -0.25) is 0 Å². The van der Waals surface area contributed by atoms with Crippen LogP contribution < -0.4 is 4.90 Å². The molecule has 15 aromatic rings. The van der Waals surface area contributed by atoms with Crippen molar-refractivity contribution in [1.29, 1.82) is 0 Å². The molecule has 3 heterocycles. The van der Waals surface area contributed by atoms with Gasteiger partial charge in [0.2, 0.25) is 0 Å². The Morgan fingerprint density at radius 3 is 1.38 bits per heavy atom. The van der Waals surface area contributed by atoms with E-state index in [9.17, 15) is 0 Å². The zero-order chi connectivity index (χ0) is 45.2. The SMILES string of the molecule is c1ccc(-n2c3ccccc3c3ccc(-c4ccc(N(c5ccc(-c6cccc7c8cccc9c%10ccccc%10n(c67)c98)cc5)c5ccc6c7ccccc7c7ccccc7c6c5)cc4)cc32)cc1. The van der Waals surface area contributed by atoms with Crippen LogP contribution in [0.15, 0.2) is 249 Å². The predicted molar refractivity (Wildman–Crippen MR) is 294 cm³/mol. The van der Waals surface area contributed by atoms with E-state index in [2.05, 4.69) is 263 Å². The quantitative estimate of drug-likeness (QED) is 0.152. The first kappa shape index (κ1) is 38.0. The first-order valence-electron chi connectivity index (χ1n) is 23.8. The lowest BCUT2D eigenvalue weighted by Gasteiger charge is -2.27. The summed E-state index contributed by atoms with van der Waals surface area (Å²) >= 11 is 0. The van der Waals surface area contributed by atoms with E-state index in [1.807, 2.05) is 0 Å². The summed E-state index contributed by atoms with van der Waals surface area (Å²) in [5.74, 6) is 0. The minimum absolute atomic E-state index is 1.09. The molecule has 0 aliphatic rings. The lowest BCUT2D eigenvalue weighted by atomic mass is 9.94. The fourth-order valence-corrected chi connectivity index (χ4v) is 11.8. The minimum Gasteiger partial charge on any atom is -0.310 e. The summed E-state index contributed by atoms with van der Waals surface area (Å²) in [7, 11) is 0. The number of rotatable bonds is 6. The van der Waals surface area contributed by atoms with Crippen molar-refractivity contribution in [3.63, 3.8) is 0 Å². The molecule has 69 heavy (non-hydrogen) atoms. The first-order chi connectivity index (χ1) is 34.2. The van der Waals surface area contributed by atoms with E-state index in [4.69, 9.17) is 0 Å². The van der Waals surface area contributed by atoms with Gasteiger partial charge in [0.25, 0.3) is 0 Å². The zero-order valence-electron chi connectivity index (χ0n) is 37.5. The molecule has 0 radical (unpaired) electrons. The van der Waals surface area contributed by atoms with Crippen LogP contribution in [0.5, 0.6) is 0 Å². The Morgan fingerprint density at radius 1 is 0.246 bits per heavy atom. The third-order valence-electron chi connectivity index (χ3n) is 14.8. The molecular formula is C66H41N3. The van der Waals surface area contributed by atoms with Gasteiger partial charge in [-0.25, -0.2) is 0 Å². The Kier molecular flexibility index (Phi) is 8.07. The van der Waals surface area contributed by atoms with E-state index < -0.39 is 0 Å². The molecule has 0 saturated carbocycles. The van der Waals surface area contributed by atoms with Crippen molar-refractivity contribution in [2.75, 3.05) is 4.90 Å². The Balaban J connectivity index is 0.895. The number of aromatic nitrogens is 2. The number of fused-ring (bicyclic) bond motifs is 15. The molecule has 0 spiro atoms. The summed E-state index contributed by atoms with van der Waals surface area (Å²) in [6.07, 6.45) is 0. The van der Waals surface area contributed by atoms with Crippen LogP contribution in [0.4, 0.5) is 17.1 Å². The Bertz CT molecular complexity index is 4480. The average molecular weight is 876 g/mol. The van der Waals surface area contributed by atoms with Crippen LogP contribution in [0.1, 0.15) is 0 Å². The highest BCUT2D eigenvalue weighted by molar-refractivity contribution is 6.27. The van der Waals surface area contributed by atoms with E-state index in [-0.39, 0.29) is 0 Å². The molecule has 15 rings (SSSR count). The molecule has 12 aromatic carbocycles. The van der Waals surface area contributed by atoms with Crippen LogP contribution in [-0.2, 0) is 0 Å². The van der Waals surface area contributed by atoms with Gasteiger partial charge in [-0.05, 0) is 116 Å². The summed E-state index contributed by atoms with van der Waals surface area (Å²) < 4.78 is 4.89. The molecule has 0 saturated heterocycles. The van der Waals surface area contributed by atoms with Gasteiger partial charge in [-0.15, -0.1) is 0 Å². The van der Waals surface area contributed by atoms with Crippen LogP contribution in [0, 0.1) is 0 Å². The molecule has 0 atom stereocenters. The molecule has 0 amide bonds. The lowest BCUT2D eigenvalue weighted by Crippen LogP contribution is -2.10. The van der Waals surface area contributed by atoms with Crippen molar-refractivity contribution in [2.24, 2.45) is 0 Å². The highest BCUT2D eigenvalue weighted by atomic mass is 15.1. The van der Waals surface area contributed by atoms with Gasteiger partial charge in [0.15, 0.2) is 0 Å². The molecule has 320 valence electrons. The van der Waals surface area contributed by atoms with Crippen molar-refractivity contribution < 1.29 is 0 Å². The highest BCUT2D eigenvalue weighted by Crippen LogP contribution is 2.45. The van der Waals surface area contributed by atoms with Gasteiger partial charge in [-0.1, -0.05) is 182 Å². The summed E-state index contributed by atoms with van der Waals surface area (Å²) in [5, 5.41) is 15.2.